The number of carbonyl (C=O) groups is 2. The standard InChI is InChI=1S/C25H14BrCl3F5NO2/c26-14-6-12(5-13(8-14)25(32,33)34)21-22(24(21,28)29)23(37)35-16-3-4-18(27)17(10-16)20(36)7-11-1-2-15(30)9-19(11)31/h1-6,8-10,21-22H,7H2,(H,35,37). The second-order valence-electron chi connectivity index (χ2n) is 8.42. The average molecular weight is 642 g/mol. The number of halogens is 9. The van der Waals surface area contributed by atoms with Gasteiger partial charge in [0.25, 0.3) is 0 Å². The van der Waals surface area contributed by atoms with Gasteiger partial charge in [0.05, 0.1) is 16.5 Å². The topological polar surface area (TPSA) is 46.2 Å². The third-order valence-electron chi connectivity index (χ3n) is 5.84. The van der Waals surface area contributed by atoms with Crippen molar-refractivity contribution in [1.29, 1.82) is 0 Å². The van der Waals surface area contributed by atoms with Crippen LogP contribution in [0.1, 0.15) is 33.0 Å². The van der Waals surface area contributed by atoms with Crippen molar-refractivity contribution >= 4 is 68.1 Å². The van der Waals surface area contributed by atoms with E-state index in [0.717, 1.165) is 24.3 Å². The highest BCUT2D eigenvalue weighted by atomic mass is 79.9. The smallest absolute Gasteiger partial charge is 0.326 e. The second kappa shape index (κ2) is 10.2. The fourth-order valence-corrected chi connectivity index (χ4v) is 5.56. The van der Waals surface area contributed by atoms with Crippen LogP contribution in [0.3, 0.4) is 0 Å². The lowest BCUT2D eigenvalue weighted by atomic mass is 10.0. The van der Waals surface area contributed by atoms with Crippen molar-refractivity contribution in [2.24, 2.45) is 5.92 Å². The van der Waals surface area contributed by atoms with E-state index in [1.165, 1.54) is 24.3 Å². The molecular formula is C25H14BrCl3F5NO2. The number of hydrogen-bond acceptors (Lipinski definition) is 2. The van der Waals surface area contributed by atoms with Crippen molar-refractivity contribution in [3.63, 3.8) is 0 Å². The van der Waals surface area contributed by atoms with Gasteiger partial charge in [-0.3, -0.25) is 9.59 Å². The molecule has 3 aromatic carbocycles. The van der Waals surface area contributed by atoms with Crippen molar-refractivity contribution in [2.45, 2.75) is 22.8 Å². The Labute approximate surface area is 231 Å². The van der Waals surface area contributed by atoms with Gasteiger partial charge in [-0.2, -0.15) is 13.2 Å². The molecule has 3 nitrogen and oxygen atoms in total. The minimum atomic E-state index is -4.62. The molecule has 1 saturated carbocycles. The number of Topliss-reactive ketones (excluding diaryl/α,β-unsaturated/α-hetero) is 1. The van der Waals surface area contributed by atoms with Gasteiger partial charge < -0.3 is 5.32 Å². The van der Waals surface area contributed by atoms with Crippen LogP contribution in [0, 0.1) is 17.6 Å². The maximum absolute atomic E-state index is 14.0. The number of amides is 1. The molecule has 12 heteroatoms. The van der Waals surface area contributed by atoms with Crippen molar-refractivity contribution in [3.8, 4) is 0 Å². The van der Waals surface area contributed by atoms with E-state index in [1.54, 1.807) is 0 Å². The van der Waals surface area contributed by atoms with Gasteiger partial charge in [-0.15, -0.1) is 23.2 Å². The Morgan fingerprint density at radius 2 is 1.70 bits per heavy atom. The first-order chi connectivity index (χ1) is 17.2. The molecule has 4 rings (SSSR count). The molecule has 1 aliphatic rings. The normalized spacial score (nSPS) is 18.4. The van der Waals surface area contributed by atoms with Crippen molar-refractivity contribution < 1.29 is 31.5 Å². The van der Waals surface area contributed by atoms with E-state index in [0.29, 0.717) is 6.07 Å². The van der Waals surface area contributed by atoms with Crippen LogP contribution in [0.15, 0.2) is 59.1 Å². The van der Waals surface area contributed by atoms with Crippen LogP contribution in [0.25, 0.3) is 0 Å². The Kier molecular flexibility index (Phi) is 7.65. The molecule has 0 spiro atoms. The maximum Gasteiger partial charge on any atom is 0.416 e. The molecule has 2 atom stereocenters. The minimum absolute atomic E-state index is 0.0274. The lowest BCUT2D eigenvalue weighted by molar-refractivity contribution is -0.137. The summed E-state index contributed by atoms with van der Waals surface area (Å²) in [6.45, 7) is 0. The van der Waals surface area contributed by atoms with E-state index < -0.39 is 57.7 Å². The Morgan fingerprint density at radius 3 is 2.35 bits per heavy atom. The molecule has 0 radical (unpaired) electrons. The number of nitrogens with one attached hydrogen (secondary N) is 1. The van der Waals surface area contributed by atoms with Crippen LogP contribution >= 0.6 is 50.7 Å². The fraction of sp³-hybridized carbons (Fsp3) is 0.200. The number of ketones is 1. The summed E-state index contributed by atoms with van der Waals surface area (Å²) < 4.78 is 65.3. The van der Waals surface area contributed by atoms with Crippen LogP contribution in [-0.2, 0) is 17.4 Å². The molecule has 1 N–H and O–H groups in total. The number of anilines is 1. The zero-order valence-corrected chi connectivity index (χ0v) is 22.1. The lowest BCUT2D eigenvalue weighted by Crippen LogP contribution is -2.17. The molecule has 194 valence electrons. The van der Waals surface area contributed by atoms with Gasteiger partial charge >= 0.3 is 6.18 Å². The van der Waals surface area contributed by atoms with Gasteiger partial charge in [0, 0.05) is 34.1 Å². The zero-order valence-electron chi connectivity index (χ0n) is 18.3. The first kappa shape index (κ1) is 27.8. The predicted molar refractivity (Wildman–Crippen MR) is 134 cm³/mol. The molecule has 0 heterocycles. The van der Waals surface area contributed by atoms with Crippen LogP contribution in [-0.4, -0.2) is 16.0 Å². The number of carbonyl (C=O) groups excluding carboxylic acids is 2. The summed E-state index contributed by atoms with van der Waals surface area (Å²) in [6.07, 6.45) is -5.03. The van der Waals surface area contributed by atoms with Gasteiger partial charge in [0.2, 0.25) is 5.91 Å². The Balaban J connectivity index is 1.53. The van der Waals surface area contributed by atoms with Gasteiger partial charge in [0.15, 0.2) is 5.78 Å². The Hall–Kier alpha value is -2.20. The number of rotatable bonds is 6. The zero-order chi connectivity index (χ0) is 27.3. The van der Waals surface area contributed by atoms with E-state index >= 15 is 0 Å². The van der Waals surface area contributed by atoms with Crippen molar-refractivity contribution in [1.82, 2.24) is 0 Å². The Bertz CT molecular complexity index is 1410. The maximum atomic E-state index is 14.0. The highest BCUT2D eigenvalue weighted by Crippen LogP contribution is 2.65. The van der Waals surface area contributed by atoms with Crippen LogP contribution in [0.5, 0.6) is 0 Å². The van der Waals surface area contributed by atoms with Crippen LogP contribution < -0.4 is 5.32 Å². The average Bonchev–Trinajstić information content (AvgIpc) is 3.38. The second-order valence-corrected chi connectivity index (χ2v) is 11.2. The van der Waals surface area contributed by atoms with Crippen LogP contribution in [0.2, 0.25) is 5.02 Å². The summed E-state index contributed by atoms with van der Waals surface area (Å²) in [5.74, 6) is -4.97. The lowest BCUT2D eigenvalue weighted by Gasteiger charge is -2.11. The summed E-state index contributed by atoms with van der Waals surface area (Å²) in [7, 11) is 0. The quantitative estimate of drug-likeness (QED) is 0.167. The molecular weight excluding hydrogens is 628 g/mol. The predicted octanol–water partition coefficient (Wildman–Crippen LogP) is 8.35. The molecule has 1 aliphatic carbocycles. The highest BCUT2D eigenvalue weighted by molar-refractivity contribution is 9.10. The van der Waals surface area contributed by atoms with Crippen molar-refractivity contribution in [2.75, 3.05) is 5.32 Å². The third kappa shape index (κ3) is 5.95. The van der Waals surface area contributed by atoms with Crippen molar-refractivity contribution in [3.05, 3.63) is 98.0 Å². The highest BCUT2D eigenvalue weighted by Gasteiger charge is 2.67. The molecule has 0 aromatic heterocycles. The Morgan fingerprint density at radius 1 is 1.00 bits per heavy atom. The van der Waals surface area contributed by atoms with E-state index in [9.17, 15) is 31.5 Å². The summed E-state index contributed by atoms with van der Waals surface area (Å²) >= 11 is 21.7. The van der Waals surface area contributed by atoms with Gasteiger partial charge in [0.1, 0.15) is 16.0 Å². The first-order valence-electron chi connectivity index (χ1n) is 10.5. The number of alkyl halides is 5. The molecule has 0 bridgehead atoms. The van der Waals surface area contributed by atoms with Gasteiger partial charge in [-0.1, -0.05) is 33.6 Å². The molecule has 37 heavy (non-hydrogen) atoms. The number of benzene rings is 3. The SMILES string of the molecule is O=C(Cc1ccc(F)cc1F)c1cc(NC(=O)C2C(c3cc(Br)cc(C(F)(F)F)c3)C2(Cl)Cl)ccc1Cl. The summed E-state index contributed by atoms with van der Waals surface area (Å²) in [6, 6.07) is 10.0. The minimum Gasteiger partial charge on any atom is -0.326 e. The molecule has 2 unspecified atom stereocenters. The molecule has 0 saturated heterocycles. The van der Waals surface area contributed by atoms with Gasteiger partial charge in [-0.05, 0) is 53.6 Å². The van der Waals surface area contributed by atoms with E-state index in [1.807, 2.05) is 0 Å². The summed E-state index contributed by atoms with van der Waals surface area (Å²) in [5, 5.41) is 2.58. The molecule has 1 fully saturated rings. The molecule has 0 aliphatic heterocycles. The molecule has 1 amide bonds. The molecule has 3 aromatic rings. The number of hydrogen-bond donors (Lipinski definition) is 1. The summed E-state index contributed by atoms with van der Waals surface area (Å²) in [5.41, 5.74) is -0.734. The third-order valence-corrected chi connectivity index (χ3v) is 7.57. The largest absolute Gasteiger partial charge is 0.416 e. The van der Waals surface area contributed by atoms with E-state index in [-0.39, 0.29) is 31.9 Å². The fourth-order valence-electron chi connectivity index (χ4n) is 3.99. The van der Waals surface area contributed by atoms with E-state index in [4.69, 9.17) is 34.8 Å². The summed E-state index contributed by atoms with van der Waals surface area (Å²) in [4.78, 5) is 25.7. The monoisotopic (exact) mass is 639 g/mol. The van der Waals surface area contributed by atoms with E-state index in [2.05, 4.69) is 21.2 Å². The van der Waals surface area contributed by atoms with Gasteiger partial charge in [-0.25, -0.2) is 8.78 Å². The van der Waals surface area contributed by atoms with Crippen LogP contribution in [0.4, 0.5) is 27.6 Å². The first-order valence-corrected chi connectivity index (χ1v) is 12.4.